The predicted octanol–water partition coefficient (Wildman–Crippen LogP) is 1.02. The SMILES string of the molecule is CC1CCC(C)N1C(C)C(=O)N(C)Cc1ncn[nH]1. The van der Waals surface area contributed by atoms with Crippen LogP contribution in [0.15, 0.2) is 6.33 Å². The van der Waals surface area contributed by atoms with Crippen molar-refractivity contribution < 1.29 is 4.79 Å². The lowest BCUT2D eigenvalue weighted by molar-refractivity contribution is -0.136. The van der Waals surface area contributed by atoms with Crippen molar-refractivity contribution in [3.63, 3.8) is 0 Å². The summed E-state index contributed by atoms with van der Waals surface area (Å²) in [6.07, 6.45) is 3.80. The van der Waals surface area contributed by atoms with E-state index in [-0.39, 0.29) is 11.9 Å². The summed E-state index contributed by atoms with van der Waals surface area (Å²) in [6, 6.07) is 0.876. The molecule has 0 saturated carbocycles. The molecule has 19 heavy (non-hydrogen) atoms. The van der Waals surface area contributed by atoms with Gasteiger partial charge >= 0.3 is 0 Å². The molecule has 1 N–H and O–H groups in total. The molecule has 2 heterocycles. The molecule has 3 unspecified atom stereocenters. The molecule has 0 aliphatic carbocycles. The summed E-state index contributed by atoms with van der Waals surface area (Å²) in [5, 5.41) is 6.58. The molecule has 1 amide bonds. The van der Waals surface area contributed by atoms with Gasteiger partial charge < -0.3 is 4.90 Å². The minimum Gasteiger partial charge on any atom is -0.337 e. The summed E-state index contributed by atoms with van der Waals surface area (Å²) in [7, 11) is 1.81. The quantitative estimate of drug-likeness (QED) is 0.883. The molecule has 106 valence electrons. The molecule has 1 saturated heterocycles. The number of aromatic amines is 1. The van der Waals surface area contributed by atoms with Gasteiger partial charge in [-0.15, -0.1) is 0 Å². The number of nitrogens with one attached hydrogen (secondary N) is 1. The number of carbonyl (C=O) groups is 1. The number of hydrogen-bond donors (Lipinski definition) is 1. The molecule has 3 atom stereocenters. The molecule has 1 aromatic heterocycles. The van der Waals surface area contributed by atoms with Gasteiger partial charge in [0.15, 0.2) is 0 Å². The van der Waals surface area contributed by atoms with E-state index in [4.69, 9.17) is 0 Å². The van der Waals surface area contributed by atoms with Gasteiger partial charge in [-0.05, 0) is 33.6 Å². The average Bonchev–Trinajstić information content (AvgIpc) is 2.98. The van der Waals surface area contributed by atoms with Gasteiger partial charge in [0.25, 0.3) is 0 Å². The number of H-pyrrole nitrogens is 1. The number of nitrogens with zero attached hydrogens (tertiary/aromatic N) is 4. The third-order valence-corrected chi connectivity index (χ3v) is 4.05. The Balaban J connectivity index is 1.98. The van der Waals surface area contributed by atoms with Gasteiger partial charge in [-0.1, -0.05) is 0 Å². The van der Waals surface area contributed by atoms with Crippen LogP contribution in [0.25, 0.3) is 0 Å². The number of aromatic nitrogens is 3. The second-order valence-corrected chi connectivity index (χ2v) is 5.53. The number of likely N-dealkylation sites (tertiary alicyclic amines) is 1. The number of carbonyl (C=O) groups excluding carboxylic acids is 1. The maximum absolute atomic E-state index is 12.5. The second kappa shape index (κ2) is 5.69. The lowest BCUT2D eigenvalue weighted by Crippen LogP contribution is -2.49. The smallest absolute Gasteiger partial charge is 0.239 e. The molecular formula is C13H23N5O. The summed E-state index contributed by atoms with van der Waals surface area (Å²) in [4.78, 5) is 20.6. The van der Waals surface area contributed by atoms with Crippen LogP contribution in [-0.2, 0) is 11.3 Å². The van der Waals surface area contributed by atoms with Gasteiger partial charge in [-0.25, -0.2) is 4.98 Å². The summed E-state index contributed by atoms with van der Waals surface area (Å²) in [5.41, 5.74) is 0. The van der Waals surface area contributed by atoms with E-state index in [2.05, 4.69) is 33.9 Å². The third kappa shape index (κ3) is 2.94. The van der Waals surface area contributed by atoms with E-state index in [1.807, 2.05) is 14.0 Å². The van der Waals surface area contributed by atoms with Crippen LogP contribution in [0.3, 0.4) is 0 Å². The molecule has 6 heteroatoms. The van der Waals surface area contributed by atoms with Crippen LogP contribution >= 0.6 is 0 Å². The van der Waals surface area contributed by atoms with Crippen molar-refractivity contribution in [1.82, 2.24) is 25.0 Å². The van der Waals surface area contributed by atoms with Crippen molar-refractivity contribution in [2.45, 2.75) is 58.3 Å². The minimum atomic E-state index is -0.0829. The summed E-state index contributed by atoms with van der Waals surface area (Å²) in [5.74, 6) is 0.850. The van der Waals surface area contributed by atoms with Gasteiger partial charge in [0.1, 0.15) is 12.2 Å². The van der Waals surface area contributed by atoms with Crippen LogP contribution in [0.5, 0.6) is 0 Å². The van der Waals surface area contributed by atoms with Crippen molar-refractivity contribution in [1.29, 1.82) is 0 Å². The van der Waals surface area contributed by atoms with E-state index in [9.17, 15) is 4.79 Å². The van der Waals surface area contributed by atoms with E-state index in [0.717, 1.165) is 0 Å². The maximum atomic E-state index is 12.5. The van der Waals surface area contributed by atoms with Gasteiger partial charge in [-0.2, -0.15) is 5.10 Å². The average molecular weight is 265 g/mol. The Kier molecular flexibility index (Phi) is 4.19. The molecule has 0 radical (unpaired) electrons. The lowest BCUT2D eigenvalue weighted by atomic mass is 10.2. The molecule has 1 fully saturated rings. The third-order valence-electron chi connectivity index (χ3n) is 4.05. The Morgan fingerprint density at radius 2 is 2.16 bits per heavy atom. The Hall–Kier alpha value is -1.43. The highest BCUT2D eigenvalue weighted by Crippen LogP contribution is 2.26. The van der Waals surface area contributed by atoms with Crippen molar-refractivity contribution in [2.75, 3.05) is 7.05 Å². The van der Waals surface area contributed by atoms with Gasteiger partial charge in [0, 0.05) is 19.1 Å². The topological polar surface area (TPSA) is 65.1 Å². The molecule has 1 aliphatic heterocycles. The fraction of sp³-hybridized carbons (Fsp3) is 0.769. The first kappa shape index (κ1) is 14.0. The highest BCUT2D eigenvalue weighted by molar-refractivity contribution is 5.81. The molecular weight excluding hydrogens is 242 g/mol. The molecule has 0 aromatic carbocycles. The van der Waals surface area contributed by atoms with E-state index in [0.29, 0.717) is 24.5 Å². The second-order valence-electron chi connectivity index (χ2n) is 5.53. The monoisotopic (exact) mass is 265 g/mol. The Morgan fingerprint density at radius 3 is 2.68 bits per heavy atom. The van der Waals surface area contributed by atoms with Crippen LogP contribution in [0.2, 0.25) is 0 Å². The summed E-state index contributed by atoms with van der Waals surface area (Å²) < 4.78 is 0. The highest BCUT2D eigenvalue weighted by atomic mass is 16.2. The van der Waals surface area contributed by atoms with Crippen LogP contribution in [0.1, 0.15) is 39.4 Å². The zero-order chi connectivity index (χ0) is 14.0. The molecule has 2 rings (SSSR count). The molecule has 1 aromatic rings. The standard InChI is InChI=1S/C13H23N5O/c1-9-5-6-10(2)18(9)11(3)13(19)17(4)7-12-14-8-15-16-12/h8-11H,5-7H2,1-4H3,(H,14,15,16). The van der Waals surface area contributed by atoms with E-state index in [1.165, 1.54) is 19.2 Å². The highest BCUT2D eigenvalue weighted by Gasteiger charge is 2.35. The number of rotatable bonds is 4. The van der Waals surface area contributed by atoms with Gasteiger partial charge in [-0.3, -0.25) is 14.8 Å². The van der Waals surface area contributed by atoms with E-state index >= 15 is 0 Å². The zero-order valence-corrected chi connectivity index (χ0v) is 12.1. The van der Waals surface area contributed by atoms with Crippen molar-refractivity contribution in [2.24, 2.45) is 0 Å². The number of likely N-dealkylation sites (N-methyl/N-ethyl adjacent to an activating group) is 1. The normalized spacial score (nSPS) is 25.5. The molecule has 0 spiro atoms. The Bertz CT molecular complexity index is 409. The maximum Gasteiger partial charge on any atom is 0.239 e. The largest absolute Gasteiger partial charge is 0.337 e. The molecule has 1 aliphatic rings. The fourth-order valence-corrected chi connectivity index (χ4v) is 3.03. The van der Waals surface area contributed by atoms with Crippen LogP contribution in [-0.4, -0.2) is 56.1 Å². The van der Waals surface area contributed by atoms with Crippen LogP contribution in [0.4, 0.5) is 0 Å². The van der Waals surface area contributed by atoms with E-state index < -0.39 is 0 Å². The summed E-state index contributed by atoms with van der Waals surface area (Å²) >= 11 is 0. The van der Waals surface area contributed by atoms with Crippen molar-refractivity contribution >= 4 is 5.91 Å². The van der Waals surface area contributed by atoms with Gasteiger partial charge in [0.05, 0.1) is 12.6 Å². The summed E-state index contributed by atoms with van der Waals surface area (Å²) in [6.45, 7) is 6.87. The molecule has 0 bridgehead atoms. The van der Waals surface area contributed by atoms with Crippen LogP contribution < -0.4 is 0 Å². The predicted molar refractivity (Wildman–Crippen MR) is 72.3 cm³/mol. The zero-order valence-electron chi connectivity index (χ0n) is 12.1. The number of hydrogen-bond acceptors (Lipinski definition) is 4. The van der Waals surface area contributed by atoms with Crippen molar-refractivity contribution in [3.05, 3.63) is 12.2 Å². The fourth-order valence-electron chi connectivity index (χ4n) is 3.03. The Morgan fingerprint density at radius 1 is 1.53 bits per heavy atom. The molecule has 6 nitrogen and oxygen atoms in total. The first-order valence-electron chi connectivity index (χ1n) is 6.87. The van der Waals surface area contributed by atoms with Crippen molar-refractivity contribution in [3.8, 4) is 0 Å². The first-order chi connectivity index (χ1) is 9.00. The number of amides is 1. The Labute approximate surface area is 114 Å². The van der Waals surface area contributed by atoms with Gasteiger partial charge in [0.2, 0.25) is 5.91 Å². The van der Waals surface area contributed by atoms with E-state index in [1.54, 1.807) is 4.90 Å². The lowest BCUT2D eigenvalue weighted by Gasteiger charge is -2.33. The first-order valence-corrected chi connectivity index (χ1v) is 6.87. The minimum absolute atomic E-state index is 0.0829. The van der Waals surface area contributed by atoms with Crippen LogP contribution in [0, 0.1) is 0 Å².